The number of ether oxygens (including phenoxy) is 1. The van der Waals surface area contributed by atoms with Crippen molar-refractivity contribution < 1.29 is 14.3 Å². The minimum absolute atomic E-state index is 0.0628. The number of nitrogens with zero attached hydrogens (tertiary/aromatic N) is 2. The third-order valence-electron chi connectivity index (χ3n) is 1.83. The molecular formula is C11H11ClN2O3S. The van der Waals surface area contributed by atoms with Crippen LogP contribution in [0.5, 0.6) is 0 Å². The fourth-order valence-corrected chi connectivity index (χ4v) is 1.65. The lowest BCUT2D eigenvalue weighted by Crippen LogP contribution is -2.03. The Hall–Kier alpha value is -1.40. The Morgan fingerprint density at radius 3 is 2.78 bits per heavy atom. The fourth-order valence-electron chi connectivity index (χ4n) is 1.03. The Labute approximate surface area is 114 Å². The number of carbonyl (C=O) groups excluding carboxylic acids is 2. The number of rotatable bonds is 5. The minimum atomic E-state index is -0.580. The van der Waals surface area contributed by atoms with Crippen LogP contribution in [0, 0.1) is 0 Å². The molecule has 0 radical (unpaired) electrons. The van der Waals surface area contributed by atoms with E-state index in [1.54, 1.807) is 13.2 Å². The van der Waals surface area contributed by atoms with Gasteiger partial charge in [0, 0.05) is 12.3 Å². The van der Waals surface area contributed by atoms with Gasteiger partial charge in [-0.3, -0.25) is 4.79 Å². The highest BCUT2D eigenvalue weighted by Gasteiger charge is 2.11. The van der Waals surface area contributed by atoms with E-state index in [4.69, 9.17) is 11.6 Å². The van der Waals surface area contributed by atoms with Gasteiger partial charge in [0.2, 0.25) is 0 Å². The number of ketones is 1. The molecule has 1 rings (SSSR count). The Morgan fingerprint density at radius 2 is 2.22 bits per heavy atom. The topological polar surface area (TPSA) is 69.2 Å². The first-order chi connectivity index (χ1) is 8.58. The van der Waals surface area contributed by atoms with Gasteiger partial charge >= 0.3 is 5.97 Å². The Kier molecular flexibility index (Phi) is 5.80. The van der Waals surface area contributed by atoms with E-state index in [-0.39, 0.29) is 17.3 Å². The second kappa shape index (κ2) is 7.13. The van der Waals surface area contributed by atoms with Crippen LogP contribution in [-0.2, 0) is 9.53 Å². The van der Waals surface area contributed by atoms with Crippen molar-refractivity contribution in [3.05, 3.63) is 29.1 Å². The molecule has 0 saturated heterocycles. The smallest absolute Gasteiger partial charge is 0.330 e. The first kappa shape index (κ1) is 14.7. The monoisotopic (exact) mass is 286 g/mol. The maximum absolute atomic E-state index is 11.7. The molecule has 18 heavy (non-hydrogen) atoms. The van der Waals surface area contributed by atoms with E-state index in [0.29, 0.717) is 5.16 Å². The van der Waals surface area contributed by atoms with E-state index in [1.165, 1.54) is 18.0 Å². The van der Waals surface area contributed by atoms with Crippen LogP contribution in [0.3, 0.4) is 0 Å². The molecule has 0 aliphatic rings. The van der Waals surface area contributed by atoms with Crippen molar-refractivity contribution in [2.24, 2.45) is 0 Å². The van der Waals surface area contributed by atoms with Gasteiger partial charge in [-0.2, -0.15) is 0 Å². The molecule has 5 nitrogen and oxygen atoms in total. The number of hydrogen-bond acceptors (Lipinski definition) is 6. The molecule has 0 fully saturated rings. The van der Waals surface area contributed by atoms with Crippen LogP contribution in [0.25, 0.3) is 0 Å². The van der Waals surface area contributed by atoms with E-state index < -0.39 is 11.8 Å². The highest BCUT2D eigenvalue weighted by molar-refractivity contribution is 7.98. The van der Waals surface area contributed by atoms with Gasteiger partial charge in [0.05, 0.1) is 12.2 Å². The van der Waals surface area contributed by atoms with Crippen molar-refractivity contribution in [2.45, 2.75) is 12.1 Å². The molecule has 0 atom stereocenters. The predicted octanol–water partition coefficient (Wildman–Crippen LogP) is 2.15. The first-order valence-corrected chi connectivity index (χ1v) is 6.64. The number of allylic oxidation sites excluding steroid dienone is 1. The number of halogens is 1. The van der Waals surface area contributed by atoms with Gasteiger partial charge in [0.1, 0.15) is 5.15 Å². The van der Waals surface area contributed by atoms with Crippen molar-refractivity contribution >= 4 is 35.1 Å². The van der Waals surface area contributed by atoms with Gasteiger partial charge in [-0.1, -0.05) is 23.4 Å². The average molecular weight is 287 g/mol. The molecule has 96 valence electrons. The summed E-state index contributed by atoms with van der Waals surface area (Å²) in [7, 11) is 0. The lowest BCUT2D eigenvalue weighted by atomic mass is 10.2. The van der Waals surface area contributed by atoms with Crippen molar-refractivity contribution in [3.63, 3.8) is 0 Å². The zero-order valence-electron chi connectivity index (χ0n) is 9.84. The molecule has 0 saturated carbocycles. The quantitative estimate of drug-likeness (QED) is 0.206. The molecular weight excluding hydrogens is 276 g/mol. The third kappa shape index (κ3) is 4.12. The molecule has 0 amide bonds. The number of aromatic nitrogens is 2. The highest BCUT2D eigenvalue weighted by atomic mass is 35.5. The maximum Gasteiger partial charge on any atom is 0.330 e. The zero-order chi connectivity index (χ0) is 13.5. The maximum atomic E-state index is 11.7. The summed E-state index contributed by atoms with van der Waals surface area (Å²) in [5.74, 6) is -1.02. The van der Waals surface area contributed by atoms with Gasteiger partial charge in [-0.15, -0.1) is 0 Å². The highest BCUT2D eigenvalue weighted by Crippen LogP contribution is 2.17. The van der Waals surface area contributed by atoms with Gasteiger partial charge in [-0.05, 0) is 19.3 Å². The average Bonchev–Trinajstić information content (AvgIpc) is 2.36. The standard InChI is InChI=1S/C11H11ClN2O3S/c1-3-17-9(16)5-4-8(15)7-6-13-11(18-2)14-10(7)12/h4-6H,3H2,1-2H3. The Morgan fingerprint density at radius 1 is 1.50 bits per heavy atom. The zero-order valence-corrected chi connectivity index (χ0v) is 11.4. The summed E-state index contributed by atoms with van der Waals surface area (Å²) in [6, 6.07) is 0. The second-order valence-electron chi connectivity index (χ2n) is 3.01. The van der Waals surface area contributed by atoms with E-state index in [0.717, 1.165) is 12.2 Å². The summed E-state index contributed by atoms with van der Waals surface area (Å²) in [5, 5.41) is 0.541. The van der Waals surface area contributed by atoms with Crippen molar-refractivity contribution in [1.82, 2.24) is 9.97 Å². The molecule has 0 spiro atoms. The fraction of sp³-hybridized carbons (Fsp3) is 0.273. The predicted molar refractivity (Wildman–Crippen MR) is 68.9 cm³/mol. The van der Waals surface area contributed by atoms with Crippen LogP contribution in [0.2, 0.25) is 5.15 Å². The summed E-state index contributed by atoms with van der Waals surface area (Å²) in [6.07, 6.45) is 5.26. The summed E-state index contributed by atoms with van der Waals surface area (Å²) in [4.78, 5) is 30.6. The van der Waals surface area contributed by atoms with Crippen LogP contribution >= 0.6 is 23.4 Å². The normalized spacial score (nSPS) is 10.6. The third-order valence-corrected chi connectivity index (χ3v) is 2.68. The van der Waals surface area contributed by atoms with Gasteiger partial charge in [0.15, 0.2) is 10.9 Å². The van der Waals surface area contributed by atoms with E-state index in [1.807, 2.05) is 0 Å². The molecule has 0 N–H and O–H groups in total. The summed E-state index contributed by atoms with van der Waals surface area (Å²) < 4.78 is 4.65. The van der Waals surface area contributed by atoms with Crippen LogP contribution in [0.1, 0.15) is 17.3 Å². The van der Waals surface area contributed by atoms with Crippen LogP contribution in [0.15, 0.2) is 23.5 Å². The van der Waals surface area contributed by atoms with Crippen molar-refractivity contribution in [3.8, 4) is 0 Å². The lowest BCUT2D eigenvalue weighted by molar-refractivity contribution is -0.137. The Balaban J connectivity index is 2.81. The molecule has 0 aliphatic carbocycles. The SMILES string of the molecule is CCOC(=O)C=CC(=O)c1cnc(SC)nc1Cl. The molecule has 7 heteroatoms. The summed E-state index contributed by atoms with van der Waals surface area (Å²) in [6.45, 7) is 1.93. The number of thioether (sulfide) groups is 1. The van der Waals surface area contributed by atoms with Crippen LogP contribution in [0.4, 0.5) is 0 Å². The lowest BCUT2D eigenvalue weighted by Gasteiger charge is -2.00. The molecule has 0 unspecified atom stereocenters. The summed E-state index contributed by atoms with van der Waals surface area (Å²) >= 11 is 7.16. The molecule has 1 aromatic rings. The van der Waals surface area contributed by atoms with Crippen molar-refractivity contribution in [1.29, 1.82) is 0 Å². The van der Waals surface area contributed by atoms with Crippen molar-refractivity contribution in [2.75, 3.05) is 12.9 Å². The van der Waals surface area contributed by atoms with E-state index >= 15 is 0 Å². The van der Waals surface area contributed by atoms with E-state index in [2.05, 4.69) is 14.7 Å². The number of hydrogen-bond donors (Lipinski definition) is 0. The molecule has 0 aromatic carbocycles. The largest absolute Gasteiger partial charge is 0.463 e. The molecule has 1 heterocycles. The van der Waals surface area contributed by atoms with Crippen LogP contribution in [-0.4, -0.2) is 34.6 Å². The van der Waals surface area contributed by atoms with Gasteiger partial charge in [0.25, 0.3) is 0 Å². The minimum Gasteiger partial charge on any atom is -0.463 e. The number of esters is 1. The molecule has 1 aromatic heterocycles. The van der Waals surface area contributed by atoms with Gasteiger partial charge in [-0.25, -0.2) is 14.8 Å². The first-order valence-electron chi connectivity index (χ1n) is 5.04. The number of carbonyl (C=O) groups is 2. The summed E-state index contributed by atoms with van der Waals surface area (Å²) in [5.41, 5.74) is 0.148. The van der Waals surface area contributed by atoms with Crippen LogP contribution < -0.4 is 0 Å². The second-order valence-corrected chi connectivity index (χ2v) is 4.14. The van der Waals surface area contributed by atoms with E-state index in [9.17, 15) is 9.59 Å². The molecule has 0 aliphatic heterocycles. The Bertz CT molecular complexity index is 491. The van der Waals surface area contributed by atoms with Gasteiger partial charge < -0.3 is 4.74 Å². The molecule has 0 bridgehead atoms.